The quantitative estimate of drug-likeness (QED) is 0.707. The summed E-state index contributed by atoms with van der Waals surface area (Å²) in [6.07, 6.45) is 2.68. The van der Waals surface area contributed by atoms with E-state index in [0.29, 0.717) is 13.2 Å². The highest BCUT2D eigenvalue weighted by molar-refractivity contribution is 6.31. The number of nitrogens with two attached hydrogens (primary N) is 1. The molecule has 4 heteroatoms. The third kappa shape index (κ3) is 5.81. The van der Waals surface area contributed by atoms with Crippen LogP contribution in [0.5, 0.6) is 5.75 Å². The van der Waals surface area contributed by atoms with Crippen LogP contribution < -0.4 is 10.5 Å². The highest BCUT2D eigenvalue weighted by Gasteiger charge is 2.11. The first-order valence-corrected chi connectivity index (χ1v) is 7.30. The molecular weight excluding hydrogens is 262 g/mol. The third-order valence-corrected chi connectivity index (χ3v) is 3.25. The van der Waals surface area contributed by atoms with E-state index in [2.05, 4.69) is 13.8 Å². The molecule has 108 valence electrons. The first-order valence-electron chi connectivity index (χ1n) is 6.92. The summed E-state index contributed by atoms with van der Waals surface area (Å²) in [4.78, 5) is 0. The van der Waals surface area contributed by atoms with Crippen LogP contribution in [0, 0.1) is 0 Å². The van der Waals surface area contributed by atoms with E-state index in [-0.39, 0.29) is 6.04 Å². The van der Waals surface area contributed by atoms with E-state index in [0.717, 1.165) is 42.2 Å². The molecule has 0 heterocycles. The molecule has 19 heavy (non-hydrogen) atoms. The lowest BCUT2D eigenvalue weighted by Crippen LogP contribution is -2.22. The molecular formula is C15H24ClNO2. The summed E-state index contributed by atoms with van der Waals surface area (Å²) in [6, 6.07) is 5.81. The van der Waals surface area contributed by atoms with Crippen molar-refractivity contribution in [2.24, 2.45) is 5.73 Å². The van der Waals surface area contributed by atoms with Gasteiger partial charge in [-0.05, 0) is 31.4 Å². The van der Waals surface area contributed by atoms with Gasteiger partial charge in [-0.1, -0.05) is 31.5 Å². The zero-order valence-corrected chi connectivity index (χ0v) is 12.6. The summed E-state index contributed by atoms with van der Waals surface area (Å²) in [7, 11) is 0. The van der Waals surface area contributed by atoms with Crippen molar-refractivity contribution >= 4 is 11.6 Å². The number of ether oxygens (including phenoxy) is 2. The molecule has 0 saturated heterocycles. The van der Waals surface area contributed by atoms with Crippen LogP contribution in [0.1, 0.15) is 32.3 Å². The predicted molar refractivity (Wildman–Crippen MR) is 80.0 cm³/mol. The molecule has 2 N–H and O–H groups in total. The molecule has 1 unspecified atom stereocenters. The van der Waals surface area contributed by atoms with Gasteiger partial charge in [-0.25, -0.2) is 0 Å². The molecule has 1 rings (SSSR count). The van der Waals surface area contributed by atoms with Crippen molar-refractivity contribution in [3.05, 3.63) is 28.8 Å². The van der Waals surface area contributed by atoms with E-state index in [9.17, 15) is 0 Å². The molecule has 0 aromatic heterocycles. The van der Waals surface area contributed by atoms with Gasteiger partial charge < -0.3 is 15.2 Å². The van der Waals surface area contributed by atoms with Crippen LogP contribution in [-0.2, 0) is 11.2 Å². The van der Waals surface area contributed by atoms with Gasteiger partial charge in [0.15, 0.2) is 0 Å². The number of rotatable bonds is 9. The lowest BCUT2D eigenvalue weighted by atomic mass is 10.0. The van der Waals surface area contributed by atoms with Crippen molar-refractivity contribution in [1.82, 2.24) is 0 Å². The minimum absolute atomic E-state index is 0.110. The molecule has 0 amide bonds. The van der Waals surface area contributed by atoms with E-state index in [1.807, 2.05) is 18.2 Å². The molecule has 0 aliphatic heterocycles. The Kier molecular flexibility index (Phi) is 7.87. The Morgan fingerprint density at radius 1 is 1.21 bits per heavy atom. The first kappa shape index (κ1) is 16.3. The summed E-state index contributed by atoms with van der Waals surface area (Å²) in [5.74, 6) is 0.816. The molecule has 0 aliphatic rings. The van der Waals surface area contributed by atoms with Gasteiger partial charge >= 0.3 is 0 Å². The highest BCUT2D eigenvalue weighted by Crippen LogP contribution is 2.27. The summed E-state index contributed by atoms with van der Waals surface area (Å²) in [6.45, 7) is 6.06. The van der Waals surface area contributed by atoms with Crippen LogP contribution >= 0.6 is 11.6 Å². The van der Waals surface area contributed by atoms with E-state index >= 15 is 0 Å². The van der Waals surface area contributed by atoms with E-state index in [1.54, 1.807) is 0 Å². The van der Waals surface area contributed by atoms with Crippen molar-refractivity contribution in [2.45, 2.75) is 39.2 Å². The summed E-state index contributed by atoms with van der Waals surface area (Å²) >= 11 is 6.23. The second-order valence-corrected chi connectivity index (χ2v) is 4.96. The van der Waals surface area contributed by atoms with Crippen LogP contribution in [0.25, 0.3) is 0 Å². The minimum atomic E-state index is 0.110. The number of benzene rings is 1. The topological polar surface area (TPSA) is 44.5 Å². The molecule has 1 aromatic rings. The largest absolute Gasteiger partial charge is 0.491 e. The number of halogens is 1. The van der Waals surface area contributed by atoms with Crippen LogP contribution in [-0.4, -0.2) is 25.9 Å². The van der Waals surface area contributed by atoms with Gasteiger partial charge in [0, 0.05) is 23.2 Å². The fourth-order valence-electron chi connectivity index (χ4n) is 1.74. The normalized spacial score (nSPS) is 12.4. The van der Waals surface area contributed by atoms with Crippen molar-refractivity contribution in [2.75, 3.05) is 19.8 Å². The Hall–Kier alpha value is -0.770. The predicted octanol–water partition coefficient (Wildman–Crippen LogP) is 3.43. The van der Waals surface area contributed by atoms with Crippen molar-refractivity contribution in [3.63, 3.8) is 0 Å². The molecule has 0 spiro atoms. The molecule has 1 atom stereocenters. The van der Waals surface area contributed by atoms with E-state index in [4.69, 9.17) is 26.8 Å². The van der Waals surface area contributed by atoms with Crippen LogP contribution in [0.3, 0.4) is 0 Å². The van der Waals surface area contributed by atoms with E-state index in [1.165, 1.54) is 0 Å². The summed E-state index contributed by atoms with van der Waals surface area (Å²) < 4.78 is 11.1. The third-order valence-electron chi connectivity index (χ3n) is 2.90. The van der Waals surface area contributed by atoms with Gasteiger partial charge in [0.25, 0.3) is 0 Å². The van der Waals surface area contributed by atoms with E-state index < -0.39 is 0 Å². The Morgan fingerprint density at radius 3 is 2.68 bits per heavy atom. The maximum atomic E-state index is 6.23. The Balaban J connectivity index is 2.58. The average molecular weight is 286 g/mol. The number of hydrogen-bond donors (Lipinski definition) is 1. The van der Waals surface area contributed by atoms with Crippen molar-refractivity contribution in [3.8, 4) is 5.75 Å². The minimum Gasteiger partial charge on any atom is -0.491 e. The second kappa shape index (κ2) is 9.18. The smallest absolute Gasteiger partial charge is 0.124 e. The SMILES string of the molecule is CCCOCCOc1cccc(Cl)c1CC(N)CC. The highest BCUT2D eigenvalue weighted by atomic mass is 35.5. The van der Waals surface area contributed by atoms with Gasteiger partial charge in [0.05, 0.1) is 6.61 Å². The molecule has 0 fully saturated rings. The summed E-state index contributed by atoms with van der Waals surface area (Å²) in [5, 5.41) is 0.718. The maximum Gasteiger partial charge on any atom is 0.124 e. The fourth-order valence-corrected chi connectivity index (χ4v) is 1.98. The van der Waals surface area contributed by atoms with Gasteiger partial charge in [-0.3, -0.25) is 0 Å². The maximum absolute atomic E-state index is 6.23. The van der Waals surface area contributed by atoms with Gasteiger partial charge in [0.1, 0.15) is 12.4 Å². The molecule has 0 bridgehead atoms. The zero-order valence-electron chi connectivity index (χ0n) is 11.8. The second-order valence-electron chi connectivity index (χ2n) is 4.55. The van der Waals surface area contributed by atoms with Crippen molar-refractivity contribution in [1.29, 1.82) is 0 Å². The first-order chi connectivity index (χ1) is 9.19. The lowest BCUT2D eigenvalue weighted by Gasteiger charge is -2.15. The molecule has 0 aliphatic carbocycles. The van der Waals surface area contributed by atoms with Gasteiger partial charge in [-0.2, -0.15) is 0 Å². The number of hydrogen-bond acceptors (Lipinski definition) is 3. The van der Waals surface area contributed by atoms with Gasteiger partial charge in [-0.15, -0.1) is 0 Å². The lowest BCUT2D eigenvalue weighted by molar-refractivity contribution is 0.100. The van der Waals surface area contributed by atoms with Crippen LogP contribution in [0.4, 0.5) is 0 Å². The Labute approximate surface area is 121 Å². The molecule has 1 aromatic carbocycles. The Morgan fingerprint density at radius 2 is 2.00 bits per heavy atom. The molecule has 0 saturated carbocycles. The molecule has 0 radical (unpaired) electrons. The average Bonchev–Trinajstić information content (AvgIpc) is 2.41. The van der Waals surface area contributed by atoms with Crippen LogP contribution in [0.15, 0.2) is 18.2 Å². The monoisotopic (exact) mass is 285 g/mol. The zero-order chi connectivity index (χ0) is 14.1. The molecule has 3 nitrogen and oxygen atoms in total. The fraction of sp³-hybridized carbons (Fsp3) is 0.600. The van der Waals surface area contributed by atoms with Crippen molar-refractivity contribution < 1.29 is 9.47 Å². The Bertz CT molecular complexity index is 371. The van der Waals surface area contributed by atoms with Crippen LogP contribution in [0.2, 0.25) is 5.02 Å². The van der Waals surface area contributed by atoms with Gasteiger partial charge in [0.2, 0.25) is 0 Å². The summed E-state index contributed by atoms with van der Waals surface area (Å²) in [5.41, 5.74) is 6.99. The standard InChI is InChI=1S/C15H24ClNO2/c1-3-8-18-9-10-19-15-7-5-6-14(16)13(15)11-12(17)4-2/h5-7,12H,3-4,8-11,17H2,1-2H3.